The minimum Gasteiger partial charge on any atom is -0.327 e. The Kier molecular flexibility index (Phi) is 5.93. The molecule has 2 rings (SSSR count). The van der Waals surface area contributed by atoms with E-state index < -0.39 is 10.0 Å². The van der Waals surface area contributed by atoms with Gasteiger partial charge < -0.3 is 10.2 Å². The van der Waals surface area contributed by atoms with Crippen molar-refractivity contribution >= 4 is 21.6 Å². The fourth-order valence-corrected chi connectivity index (χ4v) is 3.26. The summed E-state index contributed by atoms with van der Waals surface area (Å²) in [5.41, 5.74) is 0.587. The number of anilines is 1. The highest BCUT2D eigenvalue weighted by Gasteiger charge is 2.16. The predicted molar refractivity (Wildman–Crippen MR) is 85.1 cm³/mol. The highest BCUT2D eigenvalue weighted by atomic mass is 32.2. The Hall–Kier alpha value is -1.44. The molecule has 0 aromatic heterocycles. The van der Waals surface area contributed by atoms with Gasteiger partial charge in [-0.15, -0.1) is 0 Å². The molecule has 122 valence electrons. The highest BCUT2D eigenvalue weighted by Crippen LogP contribution is 2.12. The van der Waals surface area contributed by atoms with Gasteiger partial charge >= 0.3 is 0 Å². The van der Waals surface area contributed by atoms with Gasteiger partial charge in [0, 0.05) is 5.69 Å². The summed E-state index contributed by atoms with van der Waals surface area (Å²) in [4.78, 5) is 13.4. The number of nitrogens with one attached hydrogen (secondary N) is 2. The van der Waals surface area contributed by atoms with E-state index in [1.807, 2.05) is 0 Å². The van der Waals surface area contributed by atoms with E-state index in [1.165, 1.54) is 49.1 Å². The number of carbonyl (C=O) groups is 1. The first-order valence-corrected chi connectivity index (χ1v) is 9.26. The van der Waals surface area contributed by atoms with Gasteiger partial charge in [0.05, 0.1) is 18.0 Å². The van der Waals surface area contributed by atoms with Crippen LogP contribution < -0.4 is 15.4 Å². The highest BCUT2D eigenvalue weighted by molar-refractivity contribution is 7.89. The van der Waals surface area contributed by atoms with Crippen LogP contribution in [0, 0.1) is 0 Å². The Morgan fingerprint density at radius 2 is 1.59 bits per heavy atom. The van der Waals surface area contributed by atoms with Crippen LogP contribution in [0.5, 0.6) is 0 Å². The molecule has 22 heavy (non-hydrogen) atoms. The van der Waals surface area contributed by atoms with E-state index in [1.54, 1.807) is 12.1 Å². The van der Waals surface area contributed by atoms with E-state index in [9.17, 15) is 13.2 Å². The Balaban J connectivity index is 1.88. The van der Waals surface area contributed by atoms with Crippen molar-refractivity contribution in [1.82, 2.24) is 0 Å². The zero-order valence-electron chi connectivity index (χ0n) is 12.7. The van der Waals surface area contributed by atoms with Crippen LogP contribution in [0.3, 0.4) is 0 Å². The normalized spacial score (nSPS) is 17.5. The number of sulfonamides is 1. The lowest BCUT2D eigenvalue weighted by Crippen LogP contribution is -3.13. The first-order chi connectivity index (χ1) is 10.4. The van der Waals surface area contributed by atoms with Crippen LogP contribution in [0.1, 0.15) is 32.1 Å². The Labute approximate surface area is 131 Å². The lowest BCUT2D eigenvalue weighted by molar-refractivity contribution is -0.892. The molecule has 1 aromatic carbocycles. The average Bonchev–Trinajstić information content (AvgIpc) is 2.41. The molecule has 1 amide bonds. The van der Waals surface area contributed by atoms with Crippen molar-refractivity contribution in [2.75, 3.05) is 25.0 Å². The molecule has 1 aromatic rings. The maximum atomic E-state index is 12.1. The third-order valence-corrected chi connectivity index (χ3v) is 4.87. The molecular formula is C15H24N3O3S+. The topological polar surface area (TPSA) is 93.7 Å². The Morgan fingerprint density at radius 1 is 1.05 bits per heavy atom. The first kappa shape index (κ1) is 16.9. The van der Waals surface area contributed by atoms with Gasteiger partial charge in [-0.2, -0.15) is 0 Å². The van der Waals surface area contributed by atoms with E-state index in [2.05, 4.69) is 5.32 Å². The van der Waals surface area contributed by atoms with Crippen LogP contribution in [0.2, 0.25) is 0 Å². The van der Waals surface area contributed by atoms with E-state index in [0.717, 1.165) is 13.1 Å². The number of amides is 1. The number of carbonyl (C=O) groups excluding carboxylic acids is 1. The van der Waals surface area contributed by atoms with Gasteiger partial charge in [0.15, 0.2) is 6.54 Å². The Morgan fingerprint density at radius 3 is 2.14 bits per heavy atom. The molecule has 7 heteroatoms. The number of hydrogen-bond acceptors (Lipinski definition) is 3. The van der Waals surface area contributed by atoms with Crippen molar-refractivity contribution in [3.8, 4) is 0 Å². The molecule has 1 fully saturated rings. The number of likely N-dealkylation sites (tertiary alicyclic amines) is 1. The van der Waals surface area contributed by atoms with Gasteiger partial charge in [0.25, 0.3) is 5.91 Å². The lowest BCUT2D eigenvalue weighted by Gasteiger charge is -2.21. The minimum atomic E-state index is -3.70. The van der Waals surface area contributed by atoms with Gasteiger partial charge in [-0.3, -0.25) is 4.79 Å². The van der Waals surface area contributed by atoms with Crippen LogP contribution in [-0.2, 0) is 14.8 Å². The van der Waals surface area contributed by atoms with E-state index in [-0.39, 0.29) is 10.8 Å². The van der Waals surface area contributed by atoms with Crippen molar-refractivity contribution in [2.24, 2.45) is 5.14 Å². The number of quaternary nitrogens is 1. The fourth-order valence-electron chi connectivity index (χ4n) is 2.74. The van der Waals surface area contributed by atoms with Crippen molar-refractivity contribution < 1.29 is 18.1 Å². The maximum absolute atomic E-state index is 12.1. The molecule has 0 saturated carbocycles. The molecule has 6 nitrogen and oxygen atoms in total. The fraction of sp³-hybridized carbons (Fsp3) is 0.533. The van der Waals surface area contributed by atoms with Crippen molar-refractivity contribution in [2.45, 2.75) is 37.0 Å². The molecule has 1 aliphatic heterocycles. The molecule has 0 radical (unpaired) electrons. The summed E-state index contributed by atoms with van der Waals surface area (Å²) in [6, 6.07) is 5.91. The van der Waals surface area contributed by atoms with Crippen molar-refractivity contribution in [3.05, 3.63) is 24.3 Å². The number of hydrogen-bond donors (Lipinski definition) is 3. The van der Waals surface area contributed by atoms with Crippen molar-refractivity contribution in [1.29, 1.82) is 0 Å². The second-order valence-electron chi connectivity index (χ2n) is 5.81. The maximum Gasteiger partial charge on any atom is 0.279 e. The second-order valence-corrected chi connectivity index (χ2v) is 7.37. The summed E-state index contributed by atoms with van der Waals surface area (Å²) in [5.74, 6) is -0.0427. The van der Waals surface area contributed by atoms with Crippen LogP contribution in [0.15, 0.2) is 29.2 Å². The second kappa shape index (κ2) is 7.71. The number of rotatable bonds is 4. The largest absolute Gasteiger partial charge is 0.327 e. The number of nitrogens with two attached hydrogens (primary N) is 1. The zero-order valence-corrected chi connectivity index (χ0v) is 13.5. The van der Waals surface area contributed by atoms with Crippen LogP contribution in [0.4, 0.5) is 5.69 Å². The van der Waals surface area contributed by atoms with Gasteiger partial charge in [0.1, 0.15) is 0 Å². The summed E-state index contributed by atoms with van der Waals surface area (Å²) >= 11 is 0. The summed E-state index contributed by atoms with van der Waals surface area (Å²) in [5, 5.41) is 7.85. The monoisotopic (exact) mass is 326 g/mol. The number of primary sulfonamides is 1. The Bertz CT molecular complexity index is 591. The molecule has 0 spiro atoms. The predicted octanol–water partition coefficient (Wildman–Crippen LogP) is 0.122. The van der Waals surface area contributed by atoms with E-state index in [4.69, 9.17) is 5.14 Å². The van der Waals surface area contributed by atoms with Gasteiger partial charge in [-0.05, 0) is 49.9 Å². The molecule has 1 saturated heterocycles. The van der Waals surface area contributed by atoms with Crippen LogP contribution in [0.25, 0.3) is 0 Å². The molecule has 0 bridgehead atoms. The average molecular weight is 326 g/mol. The summed E-state index contributed by atoms with van der Waals surface area (Å²) in [6.45, 7) is 2.53. The molecule has 0 aliphatic carbocycles. The zero-order chi connectivity index (χ0) is 16.0. The van der Waals surface area contributed by atoms with Gasteiger partial charge in [-0.25, -0.2) is 13.6 Å². The van der Waals surface area contributed by atoms with E-state index in [0.29, 0.717) is 12.2 Å². The lowest BCUT2D eigenvalue weighted by atomic mass is 10.1. The molecule has 0 atom stereocenters. The van der Waals surface area contributed by atoms with E-state index >= 15 is 0 Å². The molecular weight excluding hydrogens is 302 g/mol. The standard InChI is InChI=1S/C15H23N3O3S/c16-22(20,21)14-8-6-13(7-9-14)17-15(19)12-18-10-4-2-1-3-5-11-18/h6-9H,1-5,10-12H2,(H,17,19)(H2,16,20,21)/p+1. The third-order valence-electron chi connectivity index (χ3n) is 3.94. The minimum absolute atomic E-state index is 0.0416. The van der Waals surface area contributed by atoms with Gasteiger partial charge in [0.2, 0.25) is 10.0 Å². The van der Waals surface area contributed by atoms with Gasteiger partial charge in [-0.1, -0.05) is 6.42 Å². The third kappa shape index (κ3) is 5.40. The summed E-state index contributed by atoms with van der Waals surface area (Å²) < 4.78 is 22.4. The molecule has 1 aliphatic rings. The SMILES string of the molecule is NS(=O)(=O)c1ccc(NC(=O)C[NH+]2CCCCCCC2)cc1. The summed E-state index contributed by atoms with van der Waals surface area (Å²) in [7, 11) is -3.70. The quantitative estimate of drug-likeness (QED) is 0.734. The van der Waals surface area contributed by atoms with Crippen molar-refractivity contribution in [3.63, 3.8) is 0 Å². The molecule has 0 unspecified atom stereocenters. The first-order valence-electron chi connectivity index (χ1n) is 7.71. The molecule has 4 N–H and O–H groups in total. The number of benzene rings is 1. The van der Waals surface area contributed by atoms with Crippen LogP contribution in [-0.4, -0.2) is 34.0 Å². The smallest absolute Gasteiger partial charge is 0.279 e. The molecule has 1 heterocycles. The summed E-state index contributed by atoms with van der Waals surface area (Å²) in [6.07, 6.45) is 6.15. The van der Waals surface area contributed by atoms with Crippen LogP contribution >= 0.6 is 0 Å².